The lowest BCUT2D eigenvalue weighted by Gasteiger charge is -2.16. The number of rotatable bonds is 2. The van der Waals surface area contributed by atoms with Crippen LogP contribution >= 0.6 is 11.6 Å². The molecule has 0 spiro atoms. The van der Waals surface area contributed by atoms with Gasteiger partial charge in [0.1, 0.15) is 0 Å². The molecule has 1 atom stereocenters. The van der Waals surface area contributed by atoms with Crippen LogP contribution in [-0.2, 0) is 0 Å². The Kier molecular flexibility index (Phi) is 3.80. The Balaban J connectivity index is 1.90. The minimum Gasteiger partial charge on any atom is -0.317 e. The van der Waals surface area contributed by atoms with Gasteiger partial charge in [0.15, 0.2) is 0 Å². The van der Waals surface area contributed by atoms with Gasteiger partial charge in [-0.3, -0.25) is 0 Å². The van der Waals surface area contributed by atoms with Gasteiger partial charge in [0.25, 0.3) is 0 Å². The van der Waals surface area contributed by atoms with Crippen molar-refractivity contribution in [3.05, 3.63) is 35.5 Å². The van der Waals surface area contributed by atoms with Crippen LogP contribution in [0.5, 0.6) is 0 Å². The molecular formula is C14H17ClN4. The minimum atomic E-state index is 0.433. The first-order valence-corrected chi connectivity index (χ1v) is 7.09. The van der Waals surface area contributed by atoms with Gasteiger partial charge < -0.3 is 5.32 Å². The molecule has 1 saturated heterocycles. The summed E-state index contributed by atoms with van der Waals surface area (Å²) in [5.74, 6) is 0. The molecule has 3 rings (SSSR count). The fourth-order valence-electron chi connectivity index (χ4n) is 2.59. The third-order valence-corrected chi connectivity index (χ3v) is 3.86. The summed E-state index contributed by atoms with van der Waals surface area (Å²) in [6, 6.07) is 8.29. The van der Waals surface area contributed by atoms with Crippen LogP contribution in [0.4, 0.5) is 0 Å². The smallest absolute Gasteiger partial charge is 0.0888 e. The molecule has 1 aromatic carbocycles. The summed E-state index contributed by atoms with van der Waals surface area (Å²) in [5.41, 5.74) is 2.19. The van der Waals surface area contributed by atoms with E-state index in [-0.39, 0.29) is 0 Å². The highest BCUT2D eigenvalue weighted by Gasteiger charge is 2.18. The number of halogens is 1. The Morgan fingerprint density at radius 3 is 2.84 bits per heavy atom. The van der Waals surface area contributed by atoms with Gasteiger partial charge in [0.05, 0.1) is 17.9 Å². The van der Waals surface area contributed by atoms with Gasteiger partial charge >= 0.3 is 0 Å². The Morgan fingerprint density at radius 1 is 1.16 bits per heavy atom. The van der Waals surface area contributed by atoms with E-state index in [1.807, 2.05) is 30.5 Å². The number of hydrogen-bond donors (Lipinski definition) is 1. The van der Waals surface area contributed by atoms with E-state index in [1.54, 1.807) is 0 Å². The lowest BCUT2D eigenvalue weighted by atomic mass is 10.1. The van der Waals surface area contributed by atoms with Crippen molar-refractivity contribution >= 4 is 11.6 Å². The van der Waals surface area contributed by atoms with E-state index >= 15 is 0 Å². The lowest BCUT2D eigenvalue weighted by molar-refractivity contribution is 0.408. The molecule has 19 heavy (non-hydrogen) atoms. The van der Waals surface area contributed by atoms with E-state index in [4.69, 9.17) is 11.6 Å². The Bertz CT molecular complexity index is 527. The molecule has 0 radical (unpaired) electrons. The summed E-state index contributed by atoms with van der Waals surface area (Å²) in [5, 5.41) is 12.6. The first-order valence-electron chi connectivity index (χ1n) is 6.71. The second-order valence-corrected chi connectivity index (χ2v) is 5.34. The summed E-state index contributed by atoms with van der Waals surface area (Å²) in [6.45, 7) is 2.14. The molecular weight excluding hydrogens is 260 g/mol. The maximum Gasteiger partial charge on any atom is 0.0888 e. The average Bonchev–Trinajstić information content (AvgIpc) is 2.75. The molecule has 1 N–H and O–H groups in total. The lowest BCUT2D eigenvalue weighted by Crippen LogP contribution is -2.16. The minimum absolute atomic E-state index is 0.433. The van der Waals surface area contributed by atoms with Gasteiger partial charge in [-0.15, -0.1) is 5.10 Å². The molecule has 4 nitrogen and oxygen atoms in total. The highest BCUT2D eigenvalue weighted by Crippen LogP contribution is 2.27. The molecule has 1 aliphatic heterocycles. The zero-order valence-corrected chi connectivity index (χ0v) is 11.5. The van der Waals surface area contributed by atoms with Gasteiger partial charge in [0.2, 0.25) is 0 Å². The average molecular weight is 277 g/mol. The molecule has 0 saturated carbocycles. The zero-order chi connectivity index (χ0) is 13.1. The van der Waals surface area contributed by atoms with Crippen LogP contribution in [-0.4, -0.2) is 28.1 Å². The first-order chi connectivity index (χ1) is 9.34. The van der Waals surface area contributed by atoms with Crippen molar-refractivity contribution in [2.75, 3.05) is 13.1 Å². The van der Waals surface area contributed by atoms with Crippen molar-refractivity contribution in [3.8, 4) is 11.3 Å². The molecule has 1 aliphatic rings. The first kappa shape index (κ1) is 12.6. The molecule has 2 heterocycles. The fourth-order valence-corrected chi connectivity index (χ4v) is 2.71. The van der Waals surface area contributed by atoms with Crippen molar-refractivity contribution < 1.29 is 0 Å². The van der Waals surface area contributed by atoms with Crippen LogP contribution in [0.15, 0.2) is 30.5 Å². The maximum atomic E-state index is 5.94. The highest BCUT2D eigenvalue weighted by molar-refractivity contribution is 6.30. The molecule has 5 heteroatoms. The largest absolute Gasteiger partial charge is 0.317 e. The van der Waals surface area contributed by atoms with Gasteiger partial charge in [-0.2, -0.15) is 0 Å². The fraction of sp³-hybridized carbons (Fsp3) is 0.429. The van der Waals surface area contributed by atoms with E-state index in [9.17, 15) is 0 Å². The normalized spacial score (nSPS) is 20.2. The van der Waals surface area contributed by atoms with Crippen molar-refractivity contribution in [1.82, 2.24) is 20.3 Å². The Labute approximate surface area is 117 Å². The number of aromatic nitrogens is 3. The van der Waals surface area contributed by atoms with Crippen LogP contribution in [0.25, 0.3) is 11.3 Å². The topological polar surface area (TPSA) is 42.7 Å². The van der Waals surface area contributed by atoms with Crippen molar-refractivity contribution in [2.24, 2.45) is 0 Å². The van der Waals surface area contributed by atoms with E-state index in [1.165, 1.54) is 6.42 Å². The van der Waals surface area contributed by atoms with Crippen LogP contribution < -0.4 is 5.32 Å². The third kappa shape index (κ3) is 2.80. The van der Waals surface area contributed by atoms with Crippen molar-refractivity contribution in [2.45, 2.75) is 25.3 Å². The molecule has 1 unspecified atom stereocenters. The van der Waals surface area contributed by atoms with Crippen molar-refractivity contribution in [1.29, 1.82) is 0 Å². The van der Waals surface area contributed by atoms with Crippen LogP contribution in [0.1, 0.15) is 25.3 Å². The monoisotopic (exact) mass is 276 g/mol. The number of hydrogen-bond acceptors (Lipinski definition) is 3. The Hall–Kier alpha value is -1.39. The SMILES string of the molecule is Clc1ccc(-c2cnnn2C2CCCNCC2)cc1. The molecule has 100 valence electrons. The maximum absolute atomic E-state index is 5.94. The molecule has 0 amide bonds. The quantitative estimate of drug-likeness (QED) is 0.917. The van der Waals surface area contributed by atoms with E-state index in [2.05, 4.69) is 20.3 Å². The summed E-state index contributed by atoms with van der Waals surface area (Å²) in [7, 11) is 0. The summed E-state index contributed by atoms with van der Waals surface area (Å²) in [4.78, 5) is 0. The third-order valence-electron chi connectivity index (χ3n) is 3.61. The number of nitrogens with zero attached hydrogens (tertiary/aromatic N) is 3. The predicted molar refractivity (Wildman–Crippen MR) is 76.2 cm³/mol. The second-order valence-electron chi connectivity index (χ2n) is 4.91. The van der Waals surface area contributed by atoms with Crippen molar-refractivity contribution in [3.63, 3.8) is 0 Å². The molecule has 1 aromatic heterocycles. The van der Waals surface area contributed by atoms with Crippen LogP contribution in [0.3, 0.4) is 0 Å². The number of nitrogens with one attached hydrogen (secondary N) is 1. The summed E-state index contributed by atoms with van der Waals surface area (Å²) in [6.07, 6.45) is 5.27. The van der Waals surface area contributed by atoms with Gasteiger partial charge in [-0.05, 0) is 44.5 Å². The van der Waals surface area contributed by atoms with Gasteiger partial charge in [-0.25, -0.2) is 4.68 Å². The van der Waals surface area contributed by atoms with Crippen LogP contribution in [0.2, 0.25) is 5.02 Å². The summed E-state index contributed by atoms with van der Waals surface area (Å²) < 4.78 is 2.07. The van der Waals surface area contributed by atoms with Gasteiger partial charge in [-0.1, -0.05) is 28.9 Å². The zero-order valence-electron chi connectivity index (χ0n) is 10.7. The molecule has 1 fully saturated rings. The predicted octanol–water partition coefficient (Wildman–Crippen LogP) is 2.91. The van der Waals surface area contributed by atoms with E-state index < -0.39 is 0 Å². The standard InChI is InChI=1S/C14H17ClN4/c15-12-5-3-11(4-6-12)14-10-17-18-19(14)13-2-1-8-16-9-7-13/h3-6,10,13,16H,1-2,7-9H2. The summed E-state index contributed by atoms with van der Waals surface area (Å²) >= 11 is 5.94. The second kappa shape index (κ2) is 5.72. The molecule has 0 aliphatic carbocycles. The highest BCUT2D eigenvalue weighted by atomic mass is 35.5. The molecule has 2 aromatic rings. The molecule has 0 bridgehead atoms. The Morgan fingerprint density at radius 2 is 2.00 bits per heavy atom. The van der Waals surface area contributed by atoms with E-state index in [0.717, 1.165) is 42.2 Å². The van der Waals surface area contributed by atoms with Crippen LogP contribution in [0, 0.1) is 0 Å². The number of benzene rings is 1. The van der Waals surface area contributed by atoms with Gasteiger partial charge in [0, 0.05) is 10.6 Å². The van der Waals surface area contributed by atoms with E-state index in [0.29, 0.717) is 6.04 Å².